The molecule has 140 valence electrons. The normalized spacial score (nSPS) is 10.5. The van der Waals surface area contributed by atoms with Crippen molar-refractivity contribution < 1.29 is 23.6 Å². The van der Waals surface area contributed by atoms with Crippen molar-refractivity contribution in [1.29, 1.82) is 0 Å². The number of unbranched alkanes of at least 4 members (excludes halogenated alkanes) is 2. The van der Waals surface area contributed by atoms with Gasteiger partial charge in [-0.2, -0.15) is 0 Å². The molecule has 6 nitrogen and oxygen atoms in total. The fourth-order valence-electron chi connectivity index (χ4n) is 2.77. The largest absolute Gasteiger partial charge is 0.497 e. The highest BCUT2D eigenvalue weighted by molar-refractivity contribution is 5.95. The summed E-state index contributed by atoms with van der Waals surface area (Å²) >= 11 is 0. The summed E-state index contributed by atoms with van der Waals surface area (Å²) in [7, 11) is 1.59. The summed E-state index contributed by atoms with van der Waals surface area (Å²) in [6.07, 6.45) is 7.74. The molecule has 1 aromatic heterocycles. The Morgan fingerprint density at radius 3 is 2.81 bits per heavy atom. The van der Waals surface area contributed by atoms with Crippen molar-refractivity contribution in [2.24, 2.45) is 0 Å². The number of aromatic nitrogens is 2. The van der Waals surface area contributed by atoms with Gasteiger partial charge in [-0.15, -0.1) is 0 Å². The first-order valence-corrected chi connectivity index (χ1v) is 9.02. The van der Waals surface area contributed by atoms with Crippen LogP contribution in [0.15, 0.2) is 36.7 Å². The molecule has 2 rings (SSSR count). The first-order valence-electron chi connectivity index (χ1n) is 9.02. The van der Waals surface area contributed by atoms with Crippen LogP contribution in [0.2, 0.25) is 0 Å². The van der Waals surface area contributed by atoms with Gasteiger partial charge in [0.1, 0.15) is 18.1 Å². The third-order valence-electron chi connectivity index (χ3n) is 4.16. The lowest BCUT2D eigenvalue weighted by atomic mass is 10.1. The number of carbonyl (C=O) groups excluding carboxylic acids is 2. The predicted octanol–water partition coefficient (Wildman–Crippen LogP) is 2.86. The van der Waals surface area contributed by atoms with Crippen LogP contribution in [0.25, 0.3) is 0 Å². The Morgan fingerprint density at radius 2 is 2.04 bits per heavy atom. The molecule has 2 aromatic rings. The molecule has 0 bridgehead atoms. The van der Waals surface area contributed by atoms with E-state index in [-0.39, 0.29) is 18.3 Å². The minimum Gasteiger partial charge on any atom is -0.497 e. The Balaban J connectivity index is 1.82. The molecule has 26 heavy (non-hydrogen) atoms. The molecule has 0 amide bonds. The predicted molar refractivity (Wildman–Crippen MR) is 97.1 cm³/mol. The van der Waals surface area contributed by atoms with Crippen LogP contribution >= 0.6 is 0 Å². The Bertz CT molecular complexity index is 724. The second kappa shape index (κ2) is 10.4. The van der Waals surface area contributed by atoms with Crippen LogP contribution in [0.4, 0.5) is 0 Å². The number of imidazole rings is 1. The van der Waals surface area contributed by atoms with Gasteiger partial charge in [0.2, 0.25) is 5.78 Å². The maximum Gasteiger partial charge on any atom is 0.305 e. The zero-order valence-corrected chi connectivity index (χ0v) is 15.5. The maximum atomic E-state index is 12.5. The number of benzene rings is 1. The SMILES string of the molecule is CCOC(=O)CCCCCc1[nH]cc[n+]1CC(=O)c1cccc(OC)c1. The van der Waals surface area contributed by atoms with E-state index in [2.05, 4.69) is 4.98 Å². The topological polar surface area (TPSA) is 72.3 Å². The van der Waals surface area contributed by atoms with E-state index in [4.69, 9.17) is 9.47 Å². The molecule has 6 heteroatoms. The van der Waals surface area contributed by atoms with Gasteiger partial charge in [-0.05, 0) is 31.9 Å². The van der Waals surface area contributed by atoms with Gasteiger partial charge in [-0.3, -0.25) is 9.59 Å². The highest BCUT2D eigenvalue weighted by atomic mass is 16.5. The average molecular weight is 359 g/mol. The zero-order chi connectivity index (χ0) is 18.8. The first kappa shape index (κ1) is 19.7. The van der Waals surface area contributed by atoms with E-state index in [1.54, 1.807) is 19.2 Å². The van der Waals surface area contributed by atoms with Crippen molar-refractivity contribution in [2.45, 2.75) is 45.6 Å². The van der Waals surface area contributed by atoms with Crippen LogP contribution in [0, 0.1) is 0 Å². The molecule has 1 N–H and O–H groups in total. The number of ether oxygens (including phenoxy) is 2. The van der Waals surface area contributed by atoms with Crippen LogP contribution in [0.3, 0.4) is 0 Å². The Hall–Kier alpha value is -2.63. The lowest BCUT2D eigenvalue weighted by molar-refractivity contribution is -0.689. The number of hydrogen-bond acceptors (Lipinski definition) is 4. The molecule has 0 radical (unpaired) electrons. The molecule has 0 aliphatic rings. The highest BCUT2D eigenvalue weighted by Gasteiger charge is 2.16. The molecular formula is C20H27N2O4+. The van der Waals surface area contributed by atoms with Gasteiger partial charge in [0.05, 0.1) is 13.7 Å². The van der Waals surface area contributed by atoms with Crippen molar-refractivity contribution in [2.75, 3.05) is 13.7 Å². The third-order valence-corrected chi connectivity index (χ3v) is 4.16. The lowest BCUT2D eigenvalue weighted by Crippen LogP contribution is -2.40. The standard InChI is InChI=1S/C20H26N2O4/c1-3-26-20(24)11-6-4-5-10-19-21-12-13-22(19)15-18(23)16-8-7-9-17(14-16)25-2/h7-9,12-14H,3-6,10-11,15H2,1-2H3/p+1. The van der Waals surface area contributed by atoms with Gasteiger partial charge in [-0.25, -0.2) is 9.55 Å². The van der Waals surface area contributed by atoms with E-state index in [0.717, 1.165) is 31.5 Å². The van der Waals surface area contributed by atoms with E-state index < -0.39 is 0 Å². The molecule has 1 aromatic carbocycles. The summed E-state index contributed by atoms with van der Waals surface area (Å²) in [5.74, 6) is 1.59. The Labute approximate surface area is 154 Å². The summed E-state index contributed by atoms with van der Waals surface area (Å²) in [5.41, 5.74) is 0.637. The number of carbonyl (C=O) groups is 2. The maximum absolute atomic E-state index is 12.5. The molecule has 0 saturated heterocycles. The Morgan fingerprint density at radius 1 is 1.19 bits per heavy atom. The van der Waals surface area contributed by atoms with Crippen molar-refractivity contribution in [3.63, 3.8) is 0 Å². The Kier molecular flexibility index (Phi) is 7.86. The summed E-state index contributed by atoms with van der Waals surface area (Å²) in [6, 6.07) is 7.19. The number of aromatic amines is 1. The molecule has 1 heterocycles. The van der Waals surface area contributed by atoms with Gasteiger partial charge >= 0.3 is 5.97 Å². The molecule has 0 saturated carbocycles. The van der Waals surface area contributed by atoms with Gasteiger partial charge < -0.3 is 9.47 Å². The van der Waals surface area contributed by atoms with E-state index in [0.29, 0.717) is 24.3 Å². The van der Waals surface area contributed by atoms with Gasteiger partial charge in [0.25, 0.3) is 5.82 Å². The highest BCUT2D eigenvalue weighted by Crippen LogP contribution is 2.13. The van der Waals surface area contributed by atoms with Crippen molar-refractivity contribution in [3.8, 4) is 5.75 Å². The fraction of sp³-hybridized carbons (Fsp3) is 0.450. The number of aryl methyl sites for hydroxylation is 1. The van der Waals surface area contributed by atoms with Crippen LogP contribution in [-0.4, -0.2) is 30.5 Å². The summed E-state index contributed by atoms with van der Waals surface area (Å²) in [6.45, 7) is 2.53. The monoisotopic (exact) mass is 359 g/mol. The zero-order valence-electron chi connectivity index (χ0n) is 15.5. The van der Waals surface area contributed by atoms with E-state index in [9.17, 15) is 9.59 Å². The van der Waals surface area contributed by atoms with Gasteiger partial charge in [0.15, 0.2) is 6.54 Å². The van der Waals surface area contributed by atoms with Crippen LogP contribution in [-0.2, 0) is 22.5 Å². The second-order valence-electron chi connectivity index (χ2n) is 6.06. The quantitative estimate of drug-likeness (QED) is 0.290. The van der Waals surface area contributed by atoms with E-state index in [1.165, 1.54) is 0 Å². The minimum atomic E-state index is -0.133. The third kappa shape index (κ3) is 6.02. The fourth-order valence-corrected chi connectivity index (χ4v) is 2.77. The summed E-state index contributed by atoms with van der Waals surface area (Å²) < 4.78 is 12.0. The van der Waals surface area contributed by atoms with Crippen LogP contribution < -0.4 is 9.30 Å². The molecule has 0 aliphatic heterocycles. The average Bonchev–Trinajstić information content (AvgIpc) is 3.08. The lowest BCUT2D eigenvalue weighted by Gasteiger charge is -2.04. The number of ketones is 1. The van der Waals surface area contributed by atoms with Gasteiger partial charge in [0, 0.05) is 18.4 Å². The van der Waals surface area contributed by atoms with Crippen molar-refractivity contribution >= 4 is 11.8 Å². The number of hydrogen-bond donors (Lipinski definition) is 1. The number of esters is 1. The number of methoxy groups -OCH3 is 1. The minimum absolute atomic E-state index is 0.0389. The number of H-pyrrole nitrogens is 1. The molecular weight excluding hydrogens is 332 g/mol. The first-order chi connectivity index (χ1) is 12.6. The molecule has 0 aliphatic carbocycles. The molecule has 0 atom stereocenters. The molecule has 0 unspecified atom stereocenters. The number of nitrogens with zero attached hydrogens (tertiary/aromatic N) is 1. The number of nitrogens with one attached hydrogen (secondary N) is 1. The van der Waals surface area contributed by atoms with Crippen LogP contribution in [0.1, 0.15) is 48.8 Å². The number of Topliss-reactive ketones (excluding diaryl/α,β-unsaturated/α-hetero) is 1. The van der Waals surface area contributed by atoms with Crippen LogP contribution in [0.5, 0.6) is 5.75 Å². The van der Waals surface area contributed by atoms with Crippen molar-refractivity contribution in [1.82, 2.24) is 4.98 Å². The van der Waals surface area contributed by atoms with Crippen molar-refractivity contribution in [3.05, 3.63) is 48.0 Å². The van der Waals surface area contributed by atoms with E-state index in [1.807, 2.05) is 36.0 Å². The van der Waals surface area contributed by atoms with Gasteiger partial charge in [-0.1, -0.05) is 18.6 Å². The number of rotatable bonds is 11. The summed E-state index contributed by atoms with van der Waals surface area (Å²) in [5, 5.41) is 0. The molecule has 0 spiro atoms. The van der Waals surface area contributed by atoms with E-state index >= 15 is 0 Å². The molecule has 0 fully saturated rings. The summed E-state index contributed by atoms with van der Waals surface area (Å²) in [4.78, 5) is 27.0. The smallest absolute Gasteiger partial charge is 0.305 e. The second-order valence-corrected chi connectivity index (χ2v) is 6.06.